The van der Waals surface area contributed by atoms with Crippen LogP contribution >= 0.6 is 0 Å². The predicted octanol–water partition coefficient (Wildman–Crippen LogP) is -0.535. The quantitative estimate of drug-likeness (QED) is 0.578. The first kappa shape index (κ1) is 12.7. The Hall–Kier alpha value is -1.79. The van der Waals surface area contributed by atoms with Crippen LogP contribution in [0.2, 0.25) is 0 Å². The number of methoxy groups -OCH3 is 1. The van der Waals surface area contributed by atoms with E-state index in [1.54, 1.807) is 6.07 Å². The van der Waals surface area contributed by atoms with Gasteiger partial charge < -0.3 is 25.6 Å². The molecular formula is C12H16N2O4. The van der Waals surface area contributed by atoms with Crippen molar-refractivity contribution in [1.29, 1.82) is 0 Å². The Bertz CT molecular complexity index is 457. The first-order valence-corrected chi connectivity index (χ1v) is 5.62. The van der Waals surface area contributed by atoms with Gasteiger partial charge in [-0.25, -0.2) is 0 Å². The molecule has 0 bridgehead atoms. The number of nitrogens with one attached hydrogen (secondary N) is 2. The Labute approximate surface area is 105 Å². The van der Waals surface area contributed by atoms with Crippen LogP contribution < -0.4 is 15.4 Å². The van der Waals surface area contributed by atoms with Gasteiger partial charge in [-0.15, -0.1) is 0 Å². The van der Waals surface area contributed by atoms with Crippen LogP contribution in [0.15, 0.2) is 18.2 Å². The van der Waals surface area contributed by atoms with Crippen LogP contribution in [0.1, 0.15) is 10.4 Å². The molecule has 4 N–H and O–H groups in total. The van der Waals surface area contributed by atoms with Gasteiger partial charge in [-0.1, -0.05) is 0 Å². The van der Waals surface area contributed by atoms with Gasteiger partial charge in [0.2, 0.25) is 0 Å². The minimum Gasteiger partial charge on any atom is -0.507 e. The van der Waals surface area contributed by atoms with Gasteiger partial charge in [-0.3, -0.25) is 4.79 Å². The monoisotopic (exact) mass is 252 g/mol. The zero-order chi connectivity index (χ0) is 13.2. The molecule has 0 radical (unpaired) electrons. The SMILES string of the molecule is COc1ccc(O)c(C(=O)NCC2(O)CNC2)c1. The molecule has 98 valence electrons. The van der Waals surface area contributed by atoms with E-state index in [4.69, 9.17) is 4.74 Å². The number of carbonyl (C=O) groups is 1. The van der Waals surface area contributed by atoms with E-state index in [0.717, 1.165) is 0 Å². The second kappa shape index (κ2) is 4.83. The maximum absolute atomic E-state index is 11.9. The van der Waals surface area contributed by atoms with E-state index in [2.05, 4.69) is 10.6 Å². The van der Waals surface area contributed by atoms with Crippen molar-refractivity contribution in [3.63, 3.8) is 0 Å². The average molecular weight is 252 g/mol. The molecule has 0 atom stereocenters. The number of phenolic OH excluding ortho intramolecular Hbond substituents is 1. The Kier molecular flexibility index (Phi) is 3.40. The molecule has 1 saturated heterocycles. The van der Waals surface area contributed by atoms with E-state index in [1.165, 1.54) is 19.2 Å². The highest BCUT2D eigenvalue weighted by Gasteiger charge is 2.34. The van der Waals surface area contributed by atoms with E-state index in [9.17, 15) is 15.0 Å². The fourth-order valence-corrected chi connectivity index (χ4v) is 1.70. The van der Waals surface area contributed by atoms with Crippen LogP contribution in [0.25, 0.3) is 0 Å². The molecular weight excluding hydrogens is 236 g/mol. The molecule has 2 rings (SSSR count). The number of carbonyl (C=O) groups excluding carboxylic acids is 1. The van der Waals surface area contributed by atoms with Crippen molar-refractivity contribution in [3.8, 4) is 11.5 Å². The molecule has 18 heavy (non-hydrogen) atoms. The summed E-state index contributed by atoms with van der Waals surface area (Å²) in [5.41, 5.74) is -0.755. The summed E-state index contributed by atoms with van der Waals surface area (Å²) in [7, 11) is 1.48. The number of hydrogen-bond acceptors (Lipinski definition) is 5. The lowest BCUT2D eigenvalue weighted by Gasteiger charge is -2.37. The highest BCUT2D eigenvalue weighted by molar-refractivity contribution is 5.97. The van der Waals surface area contributed by atoms with Crippen molar-refractivity contribution in [2.75, 3.05) is 26.7 Å². The summed E-state index contributed by atoms with van der Waals surface area (Å²) in [5, 5.41) is 24.9. The highest BCUT2D eigenvalue weighted by Crippen LogP contribution is 2.22. The summed E-state index contributed by atoms with van der Waals surface area (Å²) in [6.45, 7) is 1.06. The molecule has 0 aliphatic carbocycles. The van der Waals surface area contributed by atoms with E-state index in [1.807, 2.05) is 0 Å². The molecule has 1 aliphatic heterocycles. The van der Waals surface area contributed by atoms with Gasteiger partial charge in [0.1, 0.15) is 17.1 Å². The molecule has 0 spiro atoms. The van der Waals surface area contributed by atoms with Gasteiger partial charge in [-0.2, -0.15) is 0 Å². The van der Waals surface area contributed by atoms with Crippen LogP contribution in [-0.2, 0) is 0 Å². The van der Waals surface area contributed by atoms with Gasteiger partial charge in [0, 0.05) is 19.6 Å². The number of ether oxygens (including phenoxy) is 1. The number of rotatable bonds is 4. The minimum absolute atomic E-state index is 0.118. The van der Waals surface area contributed by atoms with Crippen LogP contribution in [0.5, 0.6) is 11.5 Å². The van der Waals surface area contributed by atoms with Gasteiger partial charge in [-0.05, 0) is 18.2 Å². The molecule has 0 unspecified atom stereocenters. The molecule has 6 nitrogen and oxygen atoms in total. The smallest absolute Gasteiger partial charge is 0.255 e. The molecule has 1 amide bonds. The van der Waals surface area contributed by atoms with Gasteiger partial charge in [0.15, 0.2) is 0 Å². The van der Waals surface area contributed by atoms with Crippen LogP contribution in [0.4, 0.5) is 0 Å². The standard InChI is InChI=1S/C12H16N2O4/c1-18-8-2-3-10(15)9(4-8)11(16)14-7-12(17)5-13-6-12/h2-4,13,15,17H,5-7H2,1H3,(H,14,16). The van der Waals surface area contributed by atoms with Crippen LogP contribution in [-0.4, -0.2) is 48.5 Å². The third-order valence-electron chi connectivity index (χ3n) is 2.93. The fraction of sp³-hybridized carbons (Fsp3) is 0.417. The van der Waals surface area contributed by atoms with Crippen molar-refractivity contribution in [1.82, 2.24) is 10.6 Å². The van der Waals surface area contributed by atoms with E-state index in [0.29, 0.717) is 18.8 Å². The summed E-state index contributed by atoms with van der Waals surface area (Å²) in [5.74, 6) is -0.0688. The molecule has 0 saturated carbocycles. The molecule has 1 aliphatic rings. The summed E-state index contributed by atoms with van der Waals surface area (Å²) in [4.78, 5) is 11.9. The average Bonchev–Trinajstić information content (AvgIpc) is 2.34. The number of amides is 1. The van der Waals surface area contributed by atoms with Crippen molar-refractivity contribution >= 4 is 5.91 Å². The van der Waals surface area contributed by atoms with E-state index >= 15 is 0 Å². The zero-order valence-corrected chi connectivity index (χ0v) is 10.1. The fourth-order valence-electron chi connectivity index (χ4n) is 1.70. The van der Waals surface area contributed by atoms with Crippen LogP contribution in [0.3, 0.4) is 0 Å². The lowest BCUT2D eigenvalue weighted by molar-refractivity contribution is -0.00762. The molecule has 1 aromatic carbocycles. The Morgan fingerprint density at radius 3 is 2.83 bits per heavy atom. The van der Waals surface area contributed by atoms with E-state index in [-0.39, 0.29) is 17.9 Å². The Morgan fingerprint density at radius 1 is 1.56 bits per heavy atom. The van der Waals surface area contributed by atoms with Gasteiger partial charge in [0.25, 0.3) is 5.91 Å². The summed E-state index contributed by atoms with van der Waals surface area (Å²) in [6.07, 6.45) is 0. The second-order valence-electron chi connectivity index (χ2n) is 4.39. The molecule has 6 heteroatoms. The number of hydrogen-bond donors (Lipinski definition) is 4. The summed E-state index contributed by atoms with van der Waals surface area (Å²) >= 11 is 0. The molecule has 1 fully saturated rings. The number of β-amino-alcohol motifs (C(OH)–C–C–N with tert-alkyl or cyclic N) is 1. The third-order valence-corrected chi connectivity index (χ3v) is 2.93. The number of aliphatic hydroxyl groups is 1. The molecule has 1 aromatic rings. The van der Waals surface area contributed by atoms with Crippen molar-refractivity contribution in [3.05, 3.63) is 23.8 Å². The van der Waals surface area contributed by atoms with Crippen molar-refractivity contribution < 1.29 is 19.7 Å². The predicted molar refractivity (Wildman–Crippen MR) is 64.8 cm³/mol. The van der Waals surface area contributed by atoms with Crippen molar-refractivity contribution in [2.24, 2.45) is 0 Å². The molecule has 0 aromatic heterocycles. The maximum atomic E-state index is 11.9. The number of aromatic hydroxyl groups is 1. The minimum atomic E-state index is -0.885. The summed E-state index contributed by atoms with van der Waals surface area (Å²) in [6, 6.07) is 4.41. The largest absolute Gasteiger partial charge is 0.507 e. The first-order valence-electron chi connectivity index (χ1n) is 5.62. The summed E-state index contributed by atoms with van der Waals surface area (Å²) < 4.78 is 4.99. The van der Waals surface area contributed by atoms with Crippen LogP contribution in [0, 0.1) is 0 Å². The van der Waals surface area contributed by atoms with Gasteiger partial charge in [0.05, 0.1) is 12.7 Å². The first-order chi connectivity index (χ1) is 8.54. The Balaban J connectivity index is 2.03. The Morgan fingerprint density at radius 2 is 2.28 bits per heavy atom. The number of phenols is 1. The molecule has 1 heterocycles. The second-order valence-corrected chi connectivity index (χ2v) is 4.39. The highest BCUT2D eigenvalue weighted by atomic mass is 16.5. The number of benzene rings is 1. The maximum Gasteiger partial charge on any atom is 0.255 e. The van der Waals surface area contributed by atoms with E-state index < -0.39 is 11.5 Å². The van der Waals surface area contributed by atoms with Crippen molar-refractivity contribution in [2.45, 2.75) is 5.60 Å². The normalized spacial score (nSPS) is 16.8. The topological polar surface area (TPSA) is 90.8 Å². The lowest BCUT2D eigenvalue weighted by Crippen LogP contribution is -2.64. The lowest BCUT2D eigenvalue weighted by atomic mass is 9.97. The third kappa shape index (κ3) is 2.55. The zero-order valence-electron chi connectivity index (χ0n) is 10.1. The van der Waals surface area contributed by atoms with Gasteiger partial charge >= 0.3 is 0 Å².